The van der Waals surface area contributed by atoms with E-state index >= 15 is 19.2 Å². The SMILES string of the molecule is O=C([O-])COCCOCCOCCN(CCOCCOCCOCC(=O)[O-])C(=O)C1OCCOCCOC(C(=O)N(CCOCCOCCOCC(=O)[O-])CCOCCOCCOCC(=O)[O-])C(C(=O)N(CCOCCOCCOCC(=O)[O-])CCOCCOCCOCC(=O)[O-])OCCOCCOC1C(=O)N(CCOCCOCCOCC(=O)[O-])CCOCCOCCOCC(=O)[O-].[Na+].[Na+].[Na+].[Na+].[Na+].[Na+].[Na+].[Na+]. The fourth-order valence-electron chi connectivity index (χ4n) is 10.5. The Hall–Kier alpha value is 0.440. The molecule has 0 bridgehead atoms. The van der Waals surface area contributed by atoms with Crippen LogP contribution in [0, 0.1) is 0 Å². The molecule has 780 valence electrons. The Balaban J connectivity index is -0.00000374. The van der Waals surface area contributed by atoms with Crippen LogP contribution in [0.2, 0.25) is 0 Å². The van der Waals surface area contributed by atoms with Gasteiger partial charge in [0.15, 0.2) is 24.4 Å². The van der Waals surface area contributed by atoms with Crippen LogP contribution in [0.5, 0.6) is 0 Å². The molecule has 62 heteroatoms. The molecule has 0 saturated carbocycles. The number of aliphatic carboxylic acids is 8. The molecule has 4 amide bonds. The van der Waals surface area contributed by atoms with E-state index in [4.69, 9.17) is 142 Å². The summed E-state index contributed by atoms with van der Waals surface area (Å²) in [5.41, 5.74) is 0. The smallest absolute Gasteiger partial charge is 0.548 e. The Morgan fingerprint density at radius 2 is 0.261 bits per heavy atom. The fourth-order valence-corrected chi connectivity index (χ4v) is 10.5. The van der Waals surface area contributed by atoms with E-state index in [0.29, 0.717) is 0 Å². The van der Waals surface area contributed by atoms with Gasteiger partial charge in [-0.3, -0.25) is 19.2 Å². The van der Waals surface area contributed by atoms with Gasteiger partial charge in [0.05, 0.1) is 418 Å². The van der Waals surface area contributed by atoms with Crippen molar-refractivity contribution in [2.45, 2.75) is 24.4 Å². The molecule has 0 aromatic rings. The van der Waals surface area contributed by atoms with Gasteiger partial charge in [-0.2, -0.15) is 0 Å². The molecule has 0 aromatic carbocycles. The van der Waals surface area contributed by atoms with Gasteiger partial charge in [0.25, 0.3) is 23.6 Å². The third-order valence-electron chi connectivity index (χ3n) is 16.6. The Bertz CT molecular complexity index is 2510. The summed E-state index contributed by atoms with van der Waals surface area (Å²) in [5.74, 6) is -14.9. The number of ether oxygens (including phenoxy) is 30. The monoisotopic (exact) mass is 2130 g/mol. The molecule has 1 fully saturated rings. The predicted octanol–water partition coefficient (Wildman–Crippen LogP) is -40.7. The van der Waals surface area contributed by atoms with Crippen molar-refractivity contribution in [3.05, 3.63) is 0 Å². The average Bonchev–Trinajstić information content (AvgIpc) is 0.832. The Morgan fingerprint density at radius 3 is 0.366 bits per heavy atom. The third-order valence-corrected chi connectivity index (χ3v) is 16.6. The van der Waals surface area contributed by atoms with E-state index in [0.717, 1.165) is 0 Å². The van der Waals surface area contributed by atoms with Crippen molar-refractivity contribution >= 4 is 71.4 Å². The quantitative estimate of drug-likeness (QED) is 0.0403. The van der Waals surface area contributed by atoms with Crippen molar-refractivity contribution in [1.82, 2.24) is 19.6 Å². The number of rotatable bonds is 92. The third kappa shape index (κ3) is 101. The van der Waals surface area contributed by atoms with Crippen LogP contribution in [0.15, 0.2) is 0 Å². The summed E-state index contributed by atoms with van der Waals surface area (Å²) in [6, 6.07) is 0. The molecule has 1 rings (SSSR count). The average molecular weight is 2130 g/mol. The van der Waals surface area contributed by atoms with Gasteiger partial charge in [-0.25, -0.2) is 0 Å². The number of carbonyl (C=O) groups excluding carboxylic acids is 12. The van der Waals surface area contributed by atoms with Crippen molar-refractivity contribution in [2.75, 3.05) is 422 Å². The number of hydrogen-bond acceptors (Lipinski definition) is 50. The van der Waals surface area contributed by atoms with E-state index < -0.39 is 202 Å². The number of carbonyl (C=O) groups is 12. The molecule has 1 heterocycles. The van der Waals surface area contributed by atoms with Gasteiger partial charge < -0.3 is 241 Å². The zero-order valence-electron chi connectivity index (χ0n) is 83.8. The first kappa shape index (κ1) is 158. The molecule has 1 aliphatic heterocycles. The summed E-state index contributed by atoms with van der Waals surface area (Å²) in [4.78, 5) is 154. The van der Waals surface area contributed by atoms with Gasteiger partial charge >= 0.3 is 236 Å². The van der Waals surface area contributed by atoms with Crippen molar-refractivity contribution in [1.29, 1.82) is 0 Å². The van der Waals surface area contributed by atoms with Crippen LogP contribution in [0.25, 0.3) is 0 Å². The molecule has 1 saturated heterocycles. The van der Waals surface area contributed by atoms with Crippen LogP contribution in [0.3, 0.4) is 0 Å². The first-order valence-electron chi connectivity index (χ1n) is 43.3. The number of hydrogen-bond donors (Lipinski definition) is 0. The summed E-state index contributed by atoms with van der Waals surface area (Å²) in [6.45, 7) is -13.1. The topological polar surface area (TPSA) is 679 Å². The molecule has 142 heavy (non-hydrogen) atoms. The van der Waals surface area contributed by atoms with E-state index in [1.54, 1.807) is 0 Å². The van der Waals surface area contributed by atoms with Gasteiger partial charge in [0.1, 0.15) is 0 Å². The largest absolute Gasteiger partial charge is 1.00 e. The van der Waals surface area contributed by atoms with Crippen LogP contribution in [-0.4, -0.2) is 538 Å². The first-order valence-corrected chi connectivity index (χ1v) is 43.3. The van der Waals surface area contributed by atoms with Crippen molar-refractivity contribution in [2.24, 2.45) is 0 Å². The minimum absolute atomic E-state index is 0. The first-order chi connectivity index (χ1) is 65.0. The predicted molar refractivity (Wildman–Crippen MR) is 427 cm³/mol. The van der Waals surface area contributed by atoms with Crippen molar-refractivity contribution in [3.8, 4) is 0 Å². The number of carboxylic acids is 8. The molecule has 0 N–H and O–H groups in total. The number of nitrogens with zero attached hydrogens (tertiary/aromatic N) is 4. The molecule has 1 aliphatic rings. The van der Waals surface area contributed by atoms with E-state index in [-0.39, 0.29) is 553 Å². The zero-order chi connectivity index (χ0) is 98.0. The molecule has 0 spiro atoms. The molecule has 54 nitrogen and oxygen atoms in total. The number of amides is 4. The minimum Gasteiger partial charge on any atom is -0.548 e. The molecule has 0 radical (unpaired) electrons. The van der Waals surface area contributed by atoms with Crippen molar-refractivity contribution in [3.63, 3.8) is 0 Å². The van der Waals surface area contributed by atoms with E-state index in [9.17, 15) is 79.2 Å². The second kappa shape index (κ2) is 117. The molecular weight excluding hydrogens is 2000 g/mol. The summed E-state index contributed by atoms with van der Waals surface area (Å²) >= 11 is 0. The second-order valence-corrected chi connectivity index (χ2v) is 26.9. The minimum atomic E-state index is -1.88. The summed E-state index contributed by atoms with van der Waals surface area (Å²) in [5, 5.41) is 86.7. The van der Waals surface area contributed by atoms with Crippen molar-refractivity contribution < 1.29 is 477 Å². The van der Waals surface area contributed by atoms with Gasteiger partial charge in [0, 0.05) is 52.4 Å². The molecule has 0 aromatic heterocycles. The Labute approximate surface area is 1000 Å². The molecule has 4 unspecified atom stereocenters. The number of carboxylic acid groups (broad SMARTS) is 8. The molecular formula is C80H132N4Na8O50. The maximum absolute atomic E-state index is 15.7. The Morgan fingerprint density at radius 1 is 0.162 bits per heavy atom. The van der Waals surface area contributed by atoms with Crippen LogP contribution in [0.1, 0.15) is 0 Å². The van der Waals surface area contributed by atoms with Gasteiger partial charge in [-0.05, 0) is 0 Å². The maximum Gasteiger partial charge on any atom is 1.00 e. The van der Waals surface area contributed by atoms with E-state index in [2.05, 4.69) is 0 Å². The normalized spacial score (nSPS) is 14.5. The van der Waals surface area contributed by atoms with Crippen LogP contribution >= 0.6 is 0 Å². The van der Waals surface area contributed by atoms with Crippen LogP contribution < -0.4 is 277 Å². The summed E-state index contributed by atoms with van der Waals surface area (Å²) < 4.78 is 169. The van der Waals surface area contributed by atoms with Gasteiger partial charge in [-0.15, -0.1) is 0 Å². The maximum atomic E-state index is 15.7. The standard InChI is InChI=1S/C80H140N4O50.8Na/c85-65(86)57-123-41-33-113-25-17-105-9-1-81(2-10-106-18-26-114-34-42-124-58-66(87)88)77(101)73-74(78(102)82(3-11-107-19-27-115-35-43-125-59-67(89)90)4-12-108-20-28-116-36-44-126-60-68(91)92)132-54-50-122-52-56-134-76(80(104)84(7-15-111-23-31-119-39-47-129-63-71(97)98)8-16-112-24-32-120-40-48-130-64-72(99)100)75(133-55-51-121-49-53-131-73)79(103)83(5-13-109-21-29-117-37-45-127-61-69(93)94)6-14-110-22-30-118-38-46-128-62-70(95)96;;;;;;;;/h73-76H,1-64H2,(H,85,86)(H,87,88)(H,89,90)(H,91,92)(H,93,94)(H,95,96)(H,97,98)(H,99,100);;;;;;;;/q;8*+1/p-8. The molecule has 4 atom stereocenters. The van der Waals surface area contributed by atoms with Crippen LogP contribution in [0.4, 0.5) is 0 Å². The van der Waals surface area contributed by atoms with Gasteiger partial charge in [0.2, 0.25) is 0 Å². The summed E-state index contributed by atoms with van der Waals surface area (Å²) in [7, 11) is 0. The Kier molecular flexibility index (Phi) is 130. The van der Waals surface area contributed by atoms with E-state index in [1.807, 2.05) is 0 Å². The second-order valence-electron chi connectivity index (χ2n) is 26.9. The fraction of sp³-hybridized carbons (Fsp3) is 0.850. The van der Waals surface area contributed by atoms with E-state index in [1.165, 1.54) is 19.6 Å². The molecule has 0 aliphatic carbocycles. The summed E-state index contributed by atoms with van der Waals surface area (Å²) in [6.07, 6.45) is -7.53. The van der Waals surface area contributed by atoms with Gasteiger partial charge in [-0.1, -0.05) is 0 Å². The van der Waals surface area contributed by atoms with Crippen LogP contribution in [-0.2, 0) is 200 Å². The zero-order valence-corrected chi connectivity index (χ0v) is 99.8.